The molecule has 0 bridgehead atoms. The first-order valence-corrected chi connectivity index (χ1v) is 33.8. The van der Waals surface area contributed by atoms with Crippen LogP contribution in [0.5, 0.6) is 0 Å². The van der Waals surface area contributed by atoms with Gasteiger partial charge in [0.2, 0.25) is 0 Å². The summed E-state index contributed by atoms with van der Waals surface area (Å²) in [5, 5.41) is 0. The van der Waals surface area contributed by atoms with Crippen LogP contribution in [0.2, 0.25) is 0 Å². The minimum absolute atomic E-state index is 0.0704. The van der Waals surface area contributed by atoms with Crippen LogP contribution in [0, 0.1) is 0 Å². The smallest absolute Gasteiger partial charge is 0.306 e. The third kappa shape index (κ3) is 63.8. The molecule has 0 heterocycles. The Morgan fingerprint density at radius 2 is 0.506 bits per heavy atom. The van der Waals surface area contributed by atoms with Crippen molar-refractivity contribution in [3.05, 3.63) is 60.8 Å². The van der Waals surface area contributed by atoms with Crippen molar-refractivity contribution in [3.63, 3.8) is 0 Å². The van der Waals surface area contributed by atoms with Crippen LogP contribution < -0.4 is 0 Å². The molecular formula is C71H128O6. The van der Waals surface area contributed by atoms with Gasteiger partial charge in [-0.3, -0.25) is 14.4 Å². The van der Waals surface area contributed by atoms with E-state index in [0.29, 0.717) is 19.3 Å². The van der Waals surface area contributed by atoms with Crippen molar-refractivity contribution >= 4 is 17.9 Å². The first kappa shape index (κ1) is 74.1. The Bertz CT molecular complexity index is 1380. The summed E-state index contributed by atoms with van der Waals surface area (Å²) in [7, 11) is 0. The van der Waals surface area contributed by atoms with E-state index in [0.717, 1.165) is 83.5 Å². The minimum Gasteiger partial charge on any atom is -0.462 e. The highest BCUT2D eigenvalue weighted by atomic mass is 16.6. The quantitative estimate of drug-likeness (QED) is 0.0261. The molecule has 0 spiro atoms. The van der Waals surface area contributed by atoms with E-state index in [1.54, 1.807) is 0 Å². The molecule has 0 aromatic heterocycles. The molecule has 0 fully saturated rings. The van der Waals surface area contributed by atoms with Crippen molar-refractivity contribution in [3.8, 4) is 0 Å². The molecule has 1 unspecified atom stereocenters. The highest BCUT2D eigenvalue weighted by Gasteiger charge is 2.19. The second-order valence-electron chi connectivity index (χ2n) is 22.7. The average Bonchev–Trinajstić information content (AvgIpc) is 3.43. The predicted molar refractivity (Wildman–Crippen MR) is 335 cm³/mol. The minimum atomic E-state index is -0.772. The van der Waals surface area contributed by atoms with Crippen molar-refractivity contribution in [1.82, 2.24) is 0 Å². The van der Waals surface area contributed by atoms with Crippen molar-refractivity contribution in [2.24, 2.45) is 0 Å². The van der Waals surface area contributed by atoms with E-state index < -0.39 is 6.10 Å². The lowest BCUT2D eigenvalue weighted by Gasteiger charge is -2.18. The van der Waals surface area contributed by atoms with E-state index >= 15 is 0 Å². The zero-order valence-corrected chi connectivity index (χ0v) is 51.5. The first-order chi connectivity index (χ1) is 38.0. The van der Waals surface area contributed by atoms with Crippen molar-refractivity contribution in [1.29, 1.82) is 0 Å². The number of ether oxygens (including phenoxy) is 3. The van der Waals surface area contributed by atoms with Gasteiger partial charge in [0.1, 0.15) is 13.2 Å². The van der Waals surface area contributed by atoms with E-state index in [2.05, 4.69) is 81.5 Å². The lowest BCUT2D eigenvalue weighted by molar-refractivity contribution is -0.167. The Kier molecular flexibility index (Phi) is 63.2. The predicted octanol–water partition coefficient (Wildman–Crippen LogP) is 23.1. The lowest BCUT2D eigenvalue weighted by Crippen LogP contribution is -2.30. The van der Waals surface area contributed by atoms with Gasteiger partial charge in [0.25, 0.3) is 0 Å². The van der Waals surface area contributed by atoms with Crippen LogP contribution in [0.15, 0.2) is 60.8 Å². The van der Waals surface area contributed by atoms with Gasteiger partial charge >= 0.3 is 17.9 Å². The van der Waals surface area contributed by atoms with Crippen molar-refractivity contribution in [2.75, 3.05) is 13.2 Å². The van der Waals surface area contributed by atoms with E-state index in [1.165, 1.54) is 231 Å². The summed E-state index contributed by atoms with van der Waals surface area (Å²) >= 11 is 0. The molecule has 0 aliphatic carbocycles. The first-order valence-electron chi connectivity index (χ1n) is 33.8. The number of rotatable bonds is 62. The number of hydrogen-bond donors (Lipinski definition) is 0. The van der Waals surface area contributed by atoms with Crippen molar-refractivity contribution < 1.29 is 28.6 Å². The topological polar surface area (TPSA) is 78.9 Å². The Morgan fingerprint density at radius 1 is 0.273 bits per heavy atom. The largest absolute Gasteiger partial charge is 0.462 e. The molecule has 0 rings (SSSR count). The third-order valence-corrected chi connectivity index (χ3v) is 15.0. The highest BCUT2D eigenvalue weighted by molar-refractivity contribution is 5.71. The molecule has 6 heteroatoms. The number of allylic oxidation sites excluding steroid dienone is 10. The van der Waals surface area contributed by atoms with Gasteiger partial charge in [-0.05, 0) is 83.5 Å². The van der Waals surface area contributed by atoms with Crippen LogP contribution in [-0.4, -0.2) is 37.2 Å². The molecule has 448 valence electrons. The van der Waals surface area contributed by atoms with Gasteiger partial charge in [-0.15, -0.1) is 0 Å². The lowest BCUT2D eigenvalue weighted by atomic mass is 10.0. The van der Waals surface area contributed by atoms with Gasteiger partial charge in [0, 0.05) is 19.3 Å². The molecule has 0 aromatic rings. The van der Waals surface area contributed by atoms with Crippen LogP contribution in [0.25, 0.3) is 0 Å². The maximum absolute atomic E-state index is 12.9. The molecule has 0 N–H and O–H groups in total. The van der Waals surface area contributed by atoms with Crippen LogP contribution >= 0.6 is 0 Å². The number of esters is 3. The zero-order valence-electron chi connectivity index (χ0n) is 51.5. The molecule has 0 radical (unpaired) electrons. The van der Waals surface area contributed by atoms with Crippen LogP contribution in [-0.2, 0) is 28.6 Å². The summed E-state index contributed by atoms with van der Waals surface area (Å²) in [5.41, 5.74) is 0. The van der Waals surface area contributed by atoms with E-state index in [1.807, 2.05) is 0 Å². The van der Waals surface area contributed by atoms with E-state index in [-0.39, 0.29) is 31.1 Å². The second kappa shape index (κ2) is 65.6. The maximum Gasteiger partial charge on any atom is 0.306 e. The fourth-order valence-electron chi connectivity index (χ4n) is 9.96. The molecule has 0 aromatic carbocycles. The number of carbonyl (C=O) groups is 3. The Labute approximate surface area is 479 Å². The fourth-order valence-corrected chi connectivity index (χ4v) is 9.96. The Hall–Kier alpha value is -2.89. The maximum atomic E-state index is 12.9. The zero-order chi connectivity index (χ0) is 55.7. The fraction of sp³-hybridized carbons (Fsp3) is 0.817. The summed E-state index contributed by atoms with van der Waals surface area (Å²) in [6.45, 7) is 6.56. The summed E-state index contributed by atoms with van der Waals surface area (Å²) in [6, 6.07) is 0. The molecule has 0 amide bonds. The number of hydrogen-bond acceptors (Lipinski definition) is 6. The Balaban J connectivity index is 4.16. The molecule has 0 saturated heterocycles. The highest BCUT2D eigenvalue weighted by Crippen LogP contribution is 2.18. The molecule has 77 heavy (non-hydrogen) atoms. The summed E-state index contributed by atoms with van der Waals surface area (Å²) in [6.07, 6.45) is 84.0. The van der Waals surface area contributed by atoms with Gasteiger partial charge in [0.15, 0.2) is 6.10 Å². The molecule has 0 aliphatic rings. The van der Waals surface area contributed by atoms with Crippen LogP contribution in [0.3, 0.4) is 0 Å². The van der Waals surface area contributed by atoms with Crippen LogP contribution in [0.4, 0.5) is 0 Å². The molecule has 0 aliphatic heterocycles. The number of unbranched alkanes of at least 4 members (excludes halogenated alkanes) is 41. The third-order valence-electron chi connectivity index (χ3n) is 15.0. The van der Waals surface area contributed by atoms with Gasteiger partial charge in [-0.25, -0.2) is 0 Å². The summed E-state index contributed by atoms with van der Waals surface area (Å²) < 4.78 is 16.9. The van der Waals surface area contributed by atoms with Gasteiger partial charge in [-0.1, -0.05) is 313 Å². The molecule has 0 saturated carbocycles. The standard InChI is InChI=1S/C71H128O6/c1-4-7-10-13-16-19-21-23-25-27-29-31-33-35-37-39-41-43-45-47-49-52-55-58-61-64-70(73)76-67-68(66-75-69(72)63-60-57-54-51-18-15-12-9-6-3)77-71(74)65-62-59-56-53-50-48-46-44-42-40-38-36-34-32-30-28-26-24-22-20-17-14-11-8-5-2/h7,10,16,19,23,25,28-31,68H,4-6,8-9,11-15,17-18,20-22,24,26-27,32-67H2,1-3H3/b10-7-,19-16-,25-23-,30-28-,31-29-. The van der Waals surface area contributed by atoms with E-state index in [9.17, 15) is 14.4 Å². The number of carbonyl (C=O) groups excluding carboxylic acids is 3. The van der Waals surface area contributed by atoms with Crippen molar-refractivity contribution in [2.45, 2.75) is 361 Å². The molecule has 1 atom stereocenters. The van der Waals surface area contributed by atoms with Gasteiger partial charge in [0.05, 0.1) is 0 Å². The summed E-state index contributed by atoms with van der Waals surface area (Å²) in [4.78, 5) is 38.3. The normalized spacial score (nSPS) is 12.4. The second-order valence-corrected chi connectivity index (χ2v) is 22.7. The van der Waals surface area contributed by atoms with Gasteiger partial charge in [-0.2, -0.15) is 0 Å². The SMILES string of the molecule is CC/C=C\C/C=C\C/C=C\C/C=C\CCCCCCCCCCCCCCC(=O)OCC(COC(=O)CCCCCCCCCCC)OC(=O)CCCCCCCCCCCCCCC/C=C\CCCCCCCCCC. The molecular weight excluding hydrogens is 949 g/mol. The average molecular weight is 1080 g/mol. The monoisotopic (exact) mass is 1080 g/mol. The molecule has 6 nitrogen and oxygen atoms in total. The van der Waals surface area contributed by atoms with E-state index in [4.69, 9.17) is 14.2 Å². The van der Waals surface area contributed by atoms with Gasteiger partial charge < -0.3 is 14.2 Å². The van der Waals surface area contributed by atoms with Crippen LogP contribution in [0.1, 0.15) is 355 Å². The summed E-state index contributed by atoms with van der Waals surface area (Å²) in [5.74, 6) is -0.855. The Morgan fingerprint density at radius 3 is 0.805 bits per heavy atom.